The zero-order chi connectivity index (χ0) is 12.1. The molecule has 1 aromatic heterocycles. The lowest BCUT2D eigenvalue weighted by molar-refractivity contribution is 0.663. The minimum absolute atomic E-state index is 0.478. The van der Waals surface area contributed by atoms with Gasteiger partial charge in [-0.2, -0.15) is 0 Å². The maximum absolute atomic E-state index is 4.52. The van der Waals surface area contributed by atoms with Crippen LogP contribution in [-0.2, 0) is 0 Å². The zero-order valence-corrected chi connectivity index (χ0v) is 13.2. The van der Waals surface area contributed by atoms with Gasteiger partial charge in [-0.15, -0.1) is 0 Å². The van der Waals surface area contributed by atoms with Gasteiger partial charge in [0.25, 0.3) is 0 Å². The molecule has 0 radical (unpaired) electrons. The Labute approximate surface area is 115 Å². The lowest BCUT2D eigenvalue weighted by Gasteiger charge is -2.29. The van der Waals surface area contributed by atoms with Crippen LogP contribution in [0.15, 0.2) is 16.7 Å². The van der Waals surface area contributed by atoms with E-state index in [4.69, 9.17) is 0 Å². The third kappa shape index (κ3) is 3.74. The Morgan fingerprint density at radius 2 is 2.12 bits per heavy atom. The van der Waals surface area contributed by atoms with Crippen molar-refractivity contribution in [1.29, 1.82) is 0 Å². The van der Waals surface area contributed by atoms with Crippen LogP contribution in [0, 0.1) is 6.92 Å². The summed E-state index contributed by atoms with van der Waals surface area (Å²) in [6.07, 6.45) is 3.00. The first-order chi connectivity index (χ1) is 7.56. The average molecular weight is 350 g/mol. The number of alkyl halides is 1. The third-order valence-electron chi connectivity index (χ3n) is 2.45. The van der Waals surface area contributed by atoms with Crippen LogP contribution < -0.4 is 4.90 Å². The second-order valence-corrected chi connectivity index (χ2v) is 5.83. The van der Waals surface area contributed by atoms with Gasteiger partial charge >= 0.3 is 0 Å². The molecule has 0 bridgehead atoms. The van der Waals surface area contributed by atoms with E-state index in [9.17, 15) is 0 Å². The molecule has 90 valence electrons. The predicted octanol–water partition coefficient (Wildman–Crippen LogP) is 4.15. The van der Waals surface area contributed by atoms with E-state index in [0.29, 0.717) is 6.04 Å². The summed E-state index contributed by atoms with van der Waals surface area (Å²) >= 11 is 6.92. The lowest BCUT2D eigenvalue weighted by atomic mass is 10.2. The van der Waals surface area contributed by atoms with Crippen molar-refractivity contribution >= 4 is 37.7 Å². The fourth-order valence-electron chi connectivity index (χ4n) is 1.67. The molecule has 0 atom stereocenters. The van der Waals surface area contributed by atoms with Gasteiger partial charge in [0.1, 0.15) is 5.82 Å². The summed E-state index contributed by atoms with van der Waals surface area (Å²) in [6.45, 7) is 7.56. The lowest BCUT2D eigenvalue weighted by Crippen LogP contribution is -2.33. The van der Waals surface area contributed by atoms with Crippen LogP contribution in [-0.4, -0.2) is 22.9 Å². The standard InChI is InChI=1S/C12H18Br2N2/c1-9(2)16(6-4-5-13)12-10(3)7-11(14)8-15-12/h7-9H,4-6H2,1-3H3. The van der Waals surface area contributed by atoms with Gasteiger partial charge < -0.3 is 4.90 Å². The summed E-state index contributed by atoms with van der Waals surface area (Å²) in [6, 6.07) is 2.60. The van der Waals surface area contributed by atoms with Crippen molar-refractivity contribution in [3.8, 4) is 0 Å². The molecule has 0 aliphatic heterocycles. The SMILES string of the molecule is Cc1cc(Br)cnc1N(CCCBr)C(C)C. The van der Waals surface area contributed by atoms with Crippen LogP contribution in [0.4, 0.5) is 5.82 Å². The molecule has 1 heterocycles. The molecule has 16 heavy (non-hydrogen) atoms. The van der Waals surface area contributed by atoms with Crippen molar-refractivity contribution in [3.05, 3.63) is 22.3 Å². The van der Waals surface area contributed by atoms with Crippen LogP contribution in [0.2, 0.25) is 0 Å². The Kier molecular flexibility index (Phi) is 5.76. The Morgan fingerprint density at radius 1 is 1.44 bits per heavy atom. The maximum atomic E-state index is 4.52. The molecule has 0 aliphatic carbocycles. The summed E-state index contributed by atoms with van der Waals surface area (Å²) in [7, 11) is 0. The molecule has 0 aliphatic rings. The van der Waals surface area contributed by atoms with Crippen molar-refractivity contribution in [2.75, 3.05) is 16.8 Å². The number of hydrogen-bond acceptors (Lipinski definition) is 2. The molecule has 4 heteroatoms. The fourth-order valence-corrected chi connectivity index (χ4v) is 2.37. The predicted molar refractivity (Wildman–Crippen MR) is 77.6 cm³/mol. The summed E-state index contributed by atoms with van der Waals surface area (Å²) < 4.78 is 1.04. The normalized spacial score (nSPS) is 10.9. The number of pyridine rings is 1. The van der Waals surface area contributed by atoms with E-state index in [2.05, 4.69) is 68.6 Å². The Hall–Kier alpha value is -0.0900. The van der Waals surface area contributed by atoms with Gasteiger partial charge in [-0.3, -0.25) is 0 Å². The van der Waals surface area contributed by atoms with Crippen molar-refractivity contribution < 1.29 is 0 Å². The van der Waals surface area contributed by atoms with Gasteiger partial charge in [-0.05, 0) is 54.8 Å². The van der Waals surface area contributed by atoms with Gasteiger partial charge in [-0.1, -0.05) is 15.9 Å². The first-order valence-corrected chi connectivity index (χ1v) is 7.42. The van der Waals surface area contributed by atoms with E-state index in [1.54, 1.807) is 0 Å². The van der Waals surface area contributed by atoms with E-state index in [1.165, 1.54) is 5.56 Å². The van der Waals surface area contributed by atoms with Crippen molar-refractivity contribution in [2.24, 2.45) is 0 Å². The van der Waals surface area contributed by atoms with Gasteiger partial charge in [-0.25, -0.2) is 4.98 Å². The minimum atomic E-state index is 0.478. The molecule has 0 unspecified atom stereocenters. The van der Waals surface area contributed by atoms with Crippen molar-refractivity contribution in [3.63, 3.8) is 0 Å². The molecular weight excluding hydrogens is 332 g/mol. The first kappa shape index (κ1) is 14.0. The van der Waals surface area contributed by atoms with Gasteiger partial charge in [0.05, 0.1) is 0 Å². The average Bonchev–Trinajstić information content (AvgIpc) is 2.20. The van der Waals surface area contributed by atoms with Crippen LogP contribution in [0.5, 0.6) is 0 Å². The Balaban J connectivity index is 2.92. The summed E-state index contributed by atoms with van der Waals surface area (Å²) in [5.74, 6) is 1.10. The van der Waals surface area contributed by atoms with E-state index < -0.39 is 0 Å². The Bertz CT molecular complexity index is 340. The molecule has 0 fully saturated rings. The number of anilines is 1. The van der Waals surface area contributed by atoms with Crippen LogP contribution in [0.1, 0.15) is 25.8 Å². The quantitative estimate of drug-likeness (QED) is 0.742. The van der Waals surface area contributed by atoms with Crippen LogP contribution in [0.3, 0.4) is 0 Å². The first-order valence-electron chi connectivity index (χ1n) is 5.51. The minimum Gasteiger partial charge on any atom is -0.354 e. The van der Waals surface area contributed by atoms with Crippen molar-refractivity contribution in [2.45, 2.75) is 33.2 Å². The Morgan fingerprint density at radius 3 is 2.62 bits per heavy atom. The monoisotopic (exact) mass is 348 g/mol. The third-order valence-corrected chi connectivity index (χ3v) is 3.44. The van der Waals surface area contributed by atoms with Crippen LogP contribution in [0.25, 0.3) is 0 Å². The fraction of sp³-hybridized carbons (Fsp3) is 0.583. The van der Waals surface area contributed by atoms with E-state index >= 15 is 0 Å². The zero-order valence-electron chi connectivity index (χ0n) is 10.0. The molecule has 1 aromatic rings. The molecular formula is C12H18Br2N2. The second kappa shape index (κ2) is 6.60. The molecule has 0 saturated carbocycles. The highest BCUT2D eigenvalue weighted by atomic mass is 79.9. The molecule has 0 aromatic carbocycles. The van der Waals surface area contributed by atoms with Crippen molar-refractivity contribution in [1.82, 2.24) is 4.98 Å². The number of halogens is 2. The summed E-state index contributed by atoms with van der Waals surface area (Å²) in [4.78, 5) is 6.87. The van der Waals surface area contributed by atoms with Gasteiger partial charge in [0, 0.05) is 28.6 Å². The number of hydrogen-bond donors (Lipinski definition) is 0. The van der Waals surface area contributed by atoms with Gasteiger partial charge in [0.15, 0.2) is 0 Å². The topological polar surface area (TPSA) is 16.1 Å². The number of nitrogens with zero attached hydrogens (tertiary/aromatic N) is 2. The number of aryl methyl sites for hydroxylation is 1. The molecule has 0 amide bonds. The molecule has 0 spiro atoms. The molecule has 2 nitrogen and oxygen atoms in total. The second-order valence-electron chi connectivity index (χ2n) is 4.12. The molecule has 0 saturated heterocycles. The van der Waals surface area contributed by atoms with E-state index in [1.807, 2.05) is 6.20 Å². The molecule has 1 rings (SSSR count). The van der Waals surface area contributed by atoms with E-state index in [0.717, 1.165) is 28.6 Å². The highest BCUT2D eigenvalue weighted by Gasteiger charge is 2.13. The summed E-state index contributed by atoms with van der Waals surface area (Å²) in [5, 5.41) is 1.03. The molecule has 0 N–H and O–H groups in total. The smallest absolute Gasteiger partial charge is 0.131 e. The largest absolute Gasteiger partial charge is 0.354 e. The number of rotatable bonds is 5. The maximum Gasteiger partial charge on any atom is 0.131 e. The van der Waals surface area contributed by atoms with Crippen LogP contribution >= 0.6 is 31.9 Å². The number of aromatic nitrogens is 1. The van der Waals surface area contributed by atoms with E-state index in [-0.39, 0.29) is 0 Å². The highest BCUT2D eigenvalue weighted by molar-refractivity contribution is 9.10. The van der Waals surface area contributed by atoms with Gasteiger partial charge in [0.2, 0.25) is 0 Å². The highest BCUT2D eigenvalue weighted by Crippen LogP contribution is 2.22. The summed E-state index contributed by atoms with van der Waals surface area (Å²) in [5.41, 5.74) is 1.22.